The predicted octanol–water partition coefficient (Wildman–Crippen LogP) is 6.60. The van der Waals surface area contributed by atoms with Crippen molar-refractivity contribution in [1.29, 1.82) is 0 Å². The fourth-order valence-electron chi connectivity index (χ4n) is 3.29. The quantitative estimate of drug-likeness (QED) is 0.307. The molecular weight excluding hydrogens is 328 g/mol. The Morgan fingerprint density at radius 2 is 1.85 bits per heavy atom. The van der Waals surface area contributed by atoms with Gasteiger partial charge in [0, 0.05) is 17.1 Å². The fourth-order valence-corrected chi connectivity index (χ4v) is 3.29. The van der Waals surface area contributed by atoms with Crippen molar-refractivity contribution >= 4 is 27.2 Å². The SMILES string of the molecule is C=C/C=C\C(=C/C)c1cccc(-c2ncc3c(ccc4ccccc43)n2)c1. The van der Waals surface area contributed by atoms with E-state index in [9.17, 15) is 0 Å². The highest BCUT2D eigenvalue weighted by molar-refractivity contribution is 6.05. The molecule has 3 aromatic carbocycles. The van der Waals surface area contributed by atoms with Crippen LogP contribution >= 0.6 is 0 Å². The van der Waals surface area contributed by atoms with Crippen molar-refractivity contribution in [3.63, 3.8) is 0 Å². The summed E-state index contributed by atoms with van der Waals surface area (Å²) in [5.41, 5.74) is 4.25. The Labute approximate surface area is 159 Å². The van der Waals surface area contributed by atoms with E-state index in [1.807, 2.05) is 25.3 Å². The Balaban J connectivity index is 1.80. The van der Waals surface area contributed by atoms with Crippen molar-refractivity contribution in [3.8, 4) is 11.4 Å². The molecule has 0 radical (unpaired) electrons. The van der Waals surface area contributed by atoms with Crippen LogP contribution in [0, 0.1) is 0 Å². The molecule has 2 heteroatoms. The van der Waals surface area contributed by atoms with Crippen LogP contribution in [0.2, 0.25) is 0 Å². The van der Waals surface area contributed by atoms with Gasteiger partial charge in [-0.25, -0.2) is 9.97 Å². The Bertz CT molecular complexity index is 1200. The van der Waals surface area contributed by atoms with Crippen molar-refractivity contribution in [1.82, 2.24) is 9.97 Å². The average molecular weight is 348 g/mol. The van der Waals surface area contributed by atoms with E-state index in [2.05, 4.69) is 78.3 Å². The van der Waals surface area contributed by atoms with E-state index in [0.717, 1.165) is 33.4 Å². The summed E-state index contributed by atoms with van der Waals surface area (Å²) >= 11 is 0. The first kappa shape index (κ1) is 16.9. The zero-order chi connectivity index (χ0) is 18.6. The Morgan fingerprint density at radius 3 is 2.70 bits per heavy atom. The lowest BCUT2D eigenvalue weighted by Crippen LogP contribution is -1.92. The highest BCUT2D eigenvalue weighted by atomic mass is 14.9. The number of hydrogen-bond acceptors (Lipinski definition) is 2. The smallest absolute Gasteiger partial charge is 0.159 e. The summed E-state index contributed by atoms with van der Waals surface area (Å²) < 4.78 is 0. The number of hydrogen-bond donors (Lipinski definition) is 0. The van der Waals surface area contributed by atoms with E-state index >= 15 is 0 Å². The molecule has 4 rings (SSSR count). The van der Waals surface area contributed by atoms with Gasteiger partial charge in [-0.1, -0.05) is 79.4 Å². The summed E-state index contributed by atoms with van der Waals surface area (Å²) in [6.45, 7) is 5.78. The van der Waals surface area contributed by atoms with Crippen LogP contribution in [0.4, 0.5) is 0 Å². The molecule has 0 N–H and O–H groups in total. The predicted molar refractivity (Wildman–Crippen MR) is 115 cm³/mol. The first-order valence-corrected chi connectivity index (χ1v) is 9.01. The molecular formula is C25H20N2. The molecule has 0 spiro atoms. The highest BCUT2D eigenvalue weighted by Crippen LogP contribution is 2.27. The van der Waals surface area contributed by atoms with Crippen LogP contribution in [-0.2, 0) is 0 Å². The van der Waals surface area contributed by atoms with E-state index in [1.165, 1.54) is 10.8 Å². The minimum atomic E-state index is 0.739. The molecule has 0 amide bonds. The molecule has 0 aliphatic heterocycles. The molecule has 1 heterocycles. The second kappa shape index (κ2) is 7.38. The summed E-state index contributed by atoms with van der Waals surface area (Å²) in [5.74, 6) is 0.739. The van der Waals surface area contributed by atoms with E-state index in [-0.39, 0.29) is 0 Å². The molecule has 0 saturated carbocycles. The van der Waals surface area contributed by atoms with Gasteiger partial charge in [-0.2, -0.15) is 0 Å². The van der Waals surface area contributed by atoms with Crippen LogP contribution in [0.5, 0.6) is 0 Å². The van der Waals surface area contributed by atoms with E-state index in [1.54, 1.807) is 6.08 Å². The molecule has 0 saturated heterocycles. The maximum atomic E-state index is 4.82. The van der Waals surface area contributed by atoms with E-state index < -0.39 is 0 Å². The minimum Gasteiger partial charge on any atom is -0.236 e. The molecule has 1 aromatic heterocycles. The van der Waals surface area contributed by atoms with Crippen LogP contribution in [0.1, 0.15) is 12.5 Å². The average Bonchev–Trinajstić information content (AvgIpc) is 2.74. The summed E-state index contributed by atoms with van der Waals surface area (Å²) in [6, 6.07) is 20.8. The van der Waals surface area contributed by atoms with Gasteiger partial charge in [-0.05, 0) is 41.0 Å². The van der Waals surface area contributed by atoms with Gasteiger partial charge in [0.2, 0.25) is 0 Å². The molecule has 0 aliphatic carbocycles. The zero-order valence-corrected chi connectivity index (χ0v) is 15.3. The van der Waals surface area contributed by atoms with Gasteiger partial charge in [0.15, 0.2) is 5.82 Å². The van der Waals surface area contributed by atoms with Crippen LogP contribution in [0.15, 0.2) is 97.7 Å². The van der Waals surface area contributed by atoms with Crippen LogP contribution in [-0.4, -0.2) is 9.97 Å². The Kier molecular flexibility index (Phi) is 4.63. The fraction of sp³-hybridized carbons (Fsp3) is 0.0400. The minimum absolute atomic E-state index is 0.739. The van der Waals surface area contributed by atoms with Crippen molar-refractivity contribution in [2.75, 3.05) is 0 Å². The molecule has 130 valence electrons. The largest absolute Gasteiger partial charge is 0.236 e. The number of nitrogens with zero attached hydrogens (tertiary/aromatic N) is 2. The van der Waals surface area contributed by atoms with E-state index in [4.69, 9.17) is 4.98 Å². The van der Waals surface area contributed by atoms with Gasteiger partial charge in [0.1, 0.15) is 0 Å². The maximum absolute atomic E-state index is 4.82. The highest BCUT2D eigenvalue weighted by Gasteiger charge is 2.07. The normalized spacial score (nSPS) is 12.1. The second-order valence-corrected chi connectivity index (χ2v) is 6.33. The van der Waals surface area contributed by atoms with Gasteiger partial charge in [0.05, 0.1) is 5.52 Å². The van der Waals surface area contributed by atoms with Gasteiger partial charge in [0.25, 0.3) is 0 Å². The third kappa shape index (κ3) is 3.30. The lowest BCUT2D eigenvalue weighted by atomic mass is 10.0. The molecule has 0 fully saturated rings. The van der Waals surface area contributed by atoms with Gasteiger partial charge in [-0.15, -0.1) is 0 Å². The summed E-state index contributed by atoms with van der Waals surface area (Å²) in [4.78, 5) is 9.47. The second-order valence-electron chi connectivity index (χ2n) is 6.33. The topological polar surface area (TPSA) is 25.8 Å². The first-order chi connectivity index (χ1) is 13.3. The van der Waals surface area contributed by atoms with Gasteiger partial charge in [-0.3, -0.25) is 0 Å². The van der Waals surface area contributed by atoms with Crippen molar-refractivity contribution in [3.05, 3.63) is 103 Å². The number of aromatic nitrogens is 2. The monoisotopic (exact) mass is 348 g/mol. The van der Waals surface area contributed by atoms with Crippen molar-refractivity contribution < 1.29 is 0 Å². The number of rotatable bonds is 4. The molecule has 27 heavy (non-hydrogen) atoms. The maximum Gasteiger partial charge on any atom is 0.159 e. The molecule has 0 unspecified atom stereocenters. The van der Waals surface area contributed by atoms with Crippen LogP contribution < -0.4 is 0 Å². The number of benzene rings is 3. The number of fused-ring (bicyclic) bond motifs is 3. The van der Waals surface area contributed by atoms with Crippen molar-refractivity contribution in [2.45, 2.75) is 6.92 Å². The molecule has 2 nitrogen and oxygen atoms in total. The number of allylic oxidation sites excluding steroid dienone is 5. The lowest BCUT2D eigenvalue weighted by molar-refractivity contribution is 1.23. The van der Waals surface area contributed by atoms with Crippen molar-refractivity contribution in [2.24, 2.45) is 0 Å². The third-order valence-corrected chi connectivity index (χ3v) is 4.67. The lowest BCUT2D eigenvalue weighted by Gasteiger charge is -2.08. The summed E-state index contributed by atoms with van der Waals surface area (Å²) in [7, 11) is 0. The Morgan fingerprint density at radius 1 is 0.963 bits per heavy atom. The molecule has 0 aliphatic rings. The van der Waals surface area contributed by atoms with E-state index in [0.29, 0.717) is 0 Å². The molecule has 0 atom stereocenters. The standard InChI is InChI=1S/C25H20N2/c1-3-5-9-18(4-2)20-11-8-12-21(16-20)25-26-17-23-22-13-7-6-10-19(22)14-15-24(23)27-25/h3-17H,1H2,2H3/b9-5-,18-4+. The van der Waals surface area contributed by atoms with Crippen LogP contribution in [0.25, 0.3) is 38.6 Å². The molecule has 0 bridgehead atoms. The third-order valence-electron chi connectivity index (χ3n) is 4.67. The zero-order valence-electron chi connectivity index (χ0n) is 15.3. The van der Waals surface area contributed by atoms with Gasteiger partial charge < -0.3 is 0 Å². The van der Waals surface area contributed by atoms with Crippen LogP contribution in [0.3, 0.4) is 0 Å². The molecule has 4 aromatic rings. The summed E-state index contributed by atoms with van der Waals surface area (Å²) in [5, 5.41) is 3.47. The summed E-state index contributed by atoms with van der Waals surface area (Å²) in [6.07, 6.45) is 9.80. The Hall–Kier alpha value is -3.52. The first-order valence-electron chi connectivity index (χ1n) is 9.01. The van der Waals surface area contributed by atoms with Gasteiger partial charge >= 0.3 is 0 Å².